The van der Waals surface area contributed by atoms with Gasteiger partial charge in [-0.05, 0) is 64.7 Å². The molecule has 1 aliphatic carbocycles. The Kier molecular flexibility index (Phi) is 5.65. The van der Waals surface area contributed by atoms with Crippen LogP contribution in [0.3, 0.4) is 0 Å². The summed E-state index contributed by atoms with van der Waals surface area (Å²) in [6.45, 7) is 2.52. The van der Waals surface area contributed by atoms with Gasteiger partial charge in [-0.15, -0.1) is 0 Å². The number of aliphatic hydroxyl groups excluding tert-OH is 1. The predicted molar refractivity (Wildman–Crippen MR) is 85.6 cm³/mol. The van der Waals surface area contributed by atoms with Gasteiger partial charge in [0.15, 0.2) is 0 Å². The summed E-state index contributed by atoms with van der Waals surface area (Å²) in [4.78, 5) is 11.3. The van der Waals surface area contributed by atoms with E-state index in [2.05, 4.69) is 21.2 Å². The van der Waals surface area contributed by atoms with Crippen LogP contribution in [0.15, 0.2) is 10.5 Å². The number of rotatable bonds is 6. The van der Waals surface area contributed by atoms with Crippen molar-refractivity contribution >= 4 is 21.8 Å². The summed E-state index contributed by atoms with van der Waals surface area (Å²) in [6.07, 6.45) is 3.86. The van der Waals surface area contributed by atoms with Crippen molar-refractivity contribution in [3.63, 3.8) is 0 Å². The third kappa shape index (κ3) is 3.58. The Bertz CT molecular complexity index is 531. The van der Waals surface area contributed by atoms with Gasteiger partial charge in [0.25, 0.3) is 0 Å². The van der Waals surface area contributed by atoms with Crippen LogP contribution in [0.1, 0.15) is 48.8 Å². The van der Waals surface area contributed by atoms with E-state index in [4.69, 9.17) is 0 Å². The third-order valence-electron chi connectivity index (χ3n) is 4.15. The molecule has 0 saturated carbocycles. The van der Waals surface area contributed by atoms with Gasteiger partial charge >= 0.3 is 0 Å². The van der Waals surface area contributed by atoms with E-state index in [0.29, 0.717) is 29.8 Å². The molecule has 1 unspecified atom stereocenters. The fourth-order valence-corrected chi connectivity index (χ4v) is 3.63. The van der Waals surface area contributed by atoms with Gasteiger partial charge < -0.3 is 15.5 Å². The highest BCUT2D eigenvalue weighted by Gasteiger charge is 2.28. The van der Waals surface area contributed by atoms with Gasteiger partial charge in [-0.25, -0.2) is 0 Å². The fourth-order valence-electron chi connectivity index (χ4n) is 3.12. The van der Waals surface area contributed by atoms with Crippen LogP contribution in [0, 0.1) is 0 Å². The number of halogens is 1. The molecule has 1 aromatic rings. The number of hydrogen-bond donors (Lipinski definition) is 3. The lowest BCUT2D eigenvalue weighted by molar-refractivity contribution is -0.120. The SMILES string of the molecule is CCC(=O)NCCC1CCc2cc(Br)c(O)c(CCO)c21. The van der Waals surface area contributed by atoms with E-state index >= 15 is 0 Å². The van der Waals surface area contributed by atoms with Gasteiger partial charge in [-0.1, -0.05) is 6.92 Å². The molecule has 0 bridgehead atoms. The van der Waals surface area contributed by atoms with Gasteiger partial charge in [0.1, 0.15) is 5.75 Å². The Balaban J connectivity index is 2.17. The number of amides is 1. The van der Waals surface area contributed by atoms with Crippen LogP contribution in [0.2, 0.25) is 0 Å². The number of carbonyl (C=O) groups excluding carboxylic acids is 1. The van der Waals surface area contributed by atoms with Crippen molar-refractivity contribution in [1.29, 1.82) is 0 Å². The van der Waals surface area contributed by atoms with Crippen LogP contribution >= 0.6 is 15.9 Å². The normalized spacial score (nSPS) is 16.8. The first-order chi connectivity index (χ1) is 10.1. The van der Waals surface area contributed by atoms with Gasteiger partial charge in [-0.2, -0.15) is 0 Å². The maximum atomic E-state index is 11.3. The van der Waals surface area contributed by atoms with Gasteiger partial charge in [0.2, 0.25) is 5.91 Å². The summed E-state index contributed by atoms with van der Waals surface area (Å²) in [7, 11) is 0. The number of aliphatic hydroxyl groups is 1. The smallest absolute Gasteiger partial charge is 0.219 e. The minimum absolute atomic E-state index is 0.0236. The van der Waals surface area contributed by atoms with Crippen LogP contribution in [-0.2, 0) is 17.6 Å². The van der Waals surface area contributed by atoms with Crippen molar-refractivity contribution in [3.05, 3.63) is 27.2 Å². The standard InChI is InChI=1S/C16H22BrNO3/c1-2-14(20)18-7-5-10-3-4-11-9-13(17)16(21)12(6-8-19)15(10)11/h9-10,19,21H,2-8H2,1H3,(H,18,20). The molecule has 3 N–H and O–H groups in total. The first-order valence-corrected chi connectivity index (χ1v) is 8.28. The molecule has 116 valence electrons. The zero-order valence-electron chi connectivity index (χ0n) is 12.3. The average molecular weight is 356 g/mol. The molecule has 0 aromatic heterocycles. The molecule has 0 saturated heterocycles. The number of aryl methyl sites for hydroxylation is 1. The van der Waals surface area contributed by atoms with Crippen molar-refractivity contribution in [1.82, 2.24) is 5.32 Å². The lowest BCUT2D eigenvalue weighted by Crippen LogP contribution is -2.24. The van der Waals surface area contributed by atoms with E-state index in [0.717, 1.165) is 24.8 Å². The molecule has 1 aliphatic rings. The summed E-state index contributed by atoms with van der Waals surface area (Å²) in [6, 6.07) is 1.98. The van der Waals surface area contributed by atoms with Crippen LogP contribution in [0.5, 0.6) is 5.75 Å². The largest absolute Gasteiger partial charge is 0.506 e. The molecule has 0 aliphatic heterocycles. The Morgan fingerprint density at radius 2 is 2.29 bits per heavy atom. The lowest BCUT2D eigenvalue weighted by atomic mass is 9.91. The molecular weight excluding hydrogens is 334 g/mol. The van der Waals surface area contributed by atoms with E-state index < -0.39 is 0 Å². The number of benzene rings is 1. The van der Waals surface area contributed by atoms with Crippen molar-refractivity contribution in [2.24, 2.45) is 0 Å². The Hall–Kier alpha value is -1.07. The predicted octanol–water partition coefficient (Wildman–Crippen LogP) is 2.64. The molecule has 4 nitrogen and oxygen atoms in total. The number of nitrogens with one attached hydrogen (secondary N) is 1. The summed E-state index contributed by atoms with van der Waals surface area (Å²) < 4.78 is 0.699. The van der Waals surface area contributed by atoms with E-state index in [-0.39, 0.29) is 18.3 Å². The van der Waals surface area contributed by atoms with Crippen molar-refractivity contribution in [2.45, 2.75) is 44.9 Å². The topological polar surface area (TPSA) is 69.6 Å². The Labute approximate surface area is 133 Å². The molecular formula is C16H22BrNO3. The highest BCUT2D eigenvalue weighted by molar-refractivity contribution is 9.10. The fraction of sp³-hybridized carbons (Fsp3) is 0.562. The molecule has 1 amide bonds. The zero-order chi connectivity index (χ0) is 15.4. The van der Waals surface area contributed by atoms with Crippen molar-refractivity contribution in [2.75, 3.05) is 13.2 Å². The molecule has 0 radical (unpaired) electrons. The maximum Gasteiger partial charge on any atom is 0.219 e. The molecule has 1 atom stereocenters. The lowest BCUT2D eigenvalue weighted by Gasteiger charge is -2.18. The molecule has 0 heterocycles. The molecule has 0 fully saturated rings. The first kappa shape index (κ1) is 16.3. The molecule has 2 rings (SSSR count). The third-order valence-corrected chi connectivity index (χ3v) is 4.76. The number of fused-ring (bicyclic) bond motifs is 1. The van der Waals surface area contributed by atoms with E-state index in [1.165, 1.54) is 11.1 Å². The van der Waals surface area contributed by atoms with Crippen LogP contribution in [0.4, 0.5) is 0 Å². The van der Waals surface area contributed by atoms with E-state index in [1.807, 2.05) is 13.0 Å². The summed E-state index contributed by atoms with van der Waals surface area (Å²) in [5.74, 6) is 0.660. The van der Waals surface area contributed by atoms with Crippen molar-refractivity contribution < 1.29 is 15.0 Å². The highest BCUT2D eigenvalue weighted by Crippen LogP contribution is 2.44. The molecule has 1 aromatic carbocycles. The monoisotopic (exact) mass is 355 g/mol. The second-order valence-electron chi connectivity index (χ2n) is 5.46. The average Bonchev–Trinajstić information content (AvgIpc) is 2.86. The molecule has 21 heavy (non-hydrogen) atoms. The number of phenolic OH excluding ortho intramolecular Hbond substituents is 1. The number of carbonyl (C=O) groups is 1. The summed E-state index contributed by atoms with van der Waals surface area (Å²) >= 11 is 3.38. The zero-order valence-corrected chi connectivity index (χ0v) is 13.9. The minimum atomic E-state index is 0.0236. The maximum absolute atomic E-state index is 11.3. The highest BCUT2D eigenvalue weighted by atomic mass is 79.9. The minimum Gasteiger partial charge on any atom is -0.506 e. The first-order valence-electron chi connectivity index (χ1n) is 7.49. The Morgan fingerprint density at radius 3 is 2.95 bits per heavy atom. The van der Waals surface area contributed by atoms with Crippen molar-refractivity contribution in [3.8, 4) is 5.75 Å². The number of phenols is 1. The summed E-state index contributed by atoms with van der Waals surface area (Å²) in [5.41, 5.74) is 3.27. The second-order valence-corrected chi connectivity index (χ2v) is 6.31. The Morgan fingerprint density at radius 1 is 1.52 bits per heavy atom. The van der Waals surface area contributed by atoms with Crippen LogP contribution in [0.25, 0.3) is 0 Å². The molecule has 0 spiro atoms. The van der Waals surface area contributed by atoms with E-state index in [9.17, 15) is 15.0 Å². The van der Waals surface area contributed by atoms with E-state index in [1.54, 1.807) is 0 Å². The van der Waals surface area contributed by atoms with Gasteiger partial charge in [0, 0.05) is 25.1 Å². The molecule has 5 heteroatoms. The van der Waals surface area contributed by atoms with Gasteiger partial charge in [0.05, 0.1) is 4.47 Å². The number of hydrogen-bond acceptors (Lipinski definition) is 3. The van der Waals surface area contributed by atoms with Gasteiger partial charge in [-0.3, -0.25) is 4.79 Å². The van der Waals surface area contributed by atoms with Crippen LogP contribution in [-0.4, -0.2) is 29.3 Å². The summed E-state index contributed by atoms with van der Waals surface area (Å²) in [5, 5.41) is 22.4. The second kappa shape index (κ2) is 7.27. The number of aromatic hydroxyl groups is 1. The van der Waals surface area contributed by atoms with Crippen LogP contribution < -0.4 is 5.32 Å². The quantitative estimate of drug-likeness (QED) is 0.734.